The van der Waals surface area contributed by atoms with E-state index in [0.29, 0.717) is 17.7 Å². The monoisotopic (exact) mass is 516 g/mol. The first-order chi connectivity index (χ1) is 17.4. The van der Waals surface area contributed by atoms with Gasteiger partial charge in [0.15, 0.2) is 6.61 Å². The van der Waals surface area contributed by atoms with Crippen molar-refractivity contribution in [2.75, 3.05) is 13.2 Å². The molecule has 1 aliphatic heterocycles. The van der Waals surface area contributed by atoms with Crippen molar-refractivity contribution in [1.82, 2.24) is 10.2 Å². The van der Waals surface area contributed by atoms with Crippen LogP contribution in [-0.4, -0.2) is 52.8 Å². The molecule has 6 nitrogen and oxygen atoms in total. The summed E-state index contributed by atoms with van der Waals surface area (Å²) in [6, 6.07) is 6.31. The molecule has 1 saturated carbocycles. The van der Waals surface area contributed by atoms with Gasteiger partial charge >= 0.3 is 5.97 Å². The number of rotatable bonds is 9. The van der Waals surface area contributed by atoms with Crippen LogP contribution in [-0.2, 0) is 16.0 Å². The van der Waals surface area contributed by atoms with Gasteiger partial charge in [0.25, 0.3) is 5.91 Å². The summed E-state index contributed by atoms with van der Waals surface area (Å²) in [6.07, 6.45) is 4.35. The molecule has 2 atom stereocenters. The maximum atomic E-state index is 15.4. The first-order valence-corrected chi connectivity index (χ1v) is 12.3. The zero-order chi connectivity index (χ0) is 26.9. The van der Waals surface area contributed by atoms with Gasteiger partial charge in [0.05, 0.1) is 6.04 Å². The Morgan fingerprint density at radius 2 is 1.86 bits per heavy atom. The number of carbonyl (C=O) groups excluding carboxylic acids is 1. The molecule has 2 aromatic carbocycles. The lowest BCUT2D eigenvalue weighted by Gasteiger charge is -2.44. The van der Waals surface area contributed by atoms with Crippen molar-refractivity contribution in [2.24, 2.45) is 0 Å². The maximum absolute atomic E-state index is 15.4. The lowest BCUT2D eigenvalue weighted by atomic mass is 9.83. The molecule has 0 aromatic heterocycles. The van der Waals surface area contributed by atoms with E-state index >= 15 is 8.78 Å². The smallest absolute Gasteiger partial charge is 0.328 e. The number of alkyl halides is 1. The van der Waals surface area contributed by atoms with Crippen LogP contribution in [0, 0.1) is 11.6 Å². The number of hydrogen-bond donors (Lipinski definition) is 2. The number of carboxylic acids is 1. The Kier molecular flexibility index (Phi) is 7.64. The first kappa shape index (κ1) is 26.7. The third kappa shape index (κ3) is 6.71. The molecule has 1 heterocycles. The van der Waals surface area contributed by atoms with Crippen LogP contribution in [0.15, 0.2) is 36.4 Å². The third-order valence-corrected chi connectivity index (χ3v) is 6.49. The van der Waals surface area contributed by atoms with Crippen molar-refractivity contribution >= 4 is 18.0 Å². The summed E-state index contributed by atoms with van der Waals surface area (Å²) in [4.78, 5) is 24.6. The molecule has 1 fully saturated rings. The molecule has 0 saturated heterocycles. The normalized spacial score (nSPS) is 20.1. The molecular formula is C28H31F3N2O4. The van der Waals surface area contributed by atoms with Crippen LogP contribution >= 0.6 is 0 Å². The van der Waals surface area contributed by atoms with Crippen LogP contribution in [0.5, 0.6) is 5.75 Å². The molecule has 0 bridgehead atoms. The fraction of sp³-hybridized carbons (Fsp3) is 0.429. The van der Waals surface area contributed by atoms with Crippen LogP contribution in [0.25, 0.3) is 6.08 Å². The third-order valence-electron chi connectivity index (χ3n) is 6.49. The molecule has 0 unspecified atom stereocenters. The number of amides is 1. The number of nitrogens with one attached hydrogen (secondary N) is 1. The van der Waals surface area contributed by atoms with E-state index in [0.717, 1.165) is 42.7 Å². The molecule has 2 N–H and O–H groups in total. The zero-order valence-corrected chi connectivity index (χ0v) is 21.1. The van der Waals surface area contributed by atoms with Crippen LogP contribution in [0.1, 0.15) is 61.9 Å². The number of carbonyl (C=O) groups is 2. The summed E-state index contributed by atoms with van der Waals surface area (Å²) in [7, 11) is 0. The SMILES string of the molecule is C[C@@H]1Cc2cc(OCC(=O)NC3CC3)ccc2[C@@H](c2c(F)cc(/C=C/C(=O)O)cc2F)N1CC(C)(C)F. The predicted octanol–water partition coefficient (Wildman–Crippen LogP) is 4.80. The van der Waals surface area contributed by atoms with E-state index in [-0.39, 0.29) is 42.3 Å². The Morgan fingerprint density at radius 1 is 1.19 bits per heavy atom. The number of halogens is 3. The van der Waals surface area contributed by atoms with E-state index in [2.05, 4.69) is 5.32 Å². The Balaban J connectivity index is 1.70. The molecule has 2 aromatic rings. The first-order valence-electron chi connectivity index (χ1n) is 12.3. The highest BCUT2D eigenvalue weighted by Gasteiger charge is 2.39. The number of benzene rings is 2. The second-order valence-electron chi connectivity index (χ2n) is 10.4. The van der Waals surface area contributed by atoms with Gasteiger partial charge in [0.1, 0.15) is 23.1 Å². The standard InChI is InChI=1S/C28H31F3N2O4/c1-16-10-18-13-20(37-14-24(34)32-19-5-6-19)7-8-21(18)27(33(16)15-28(2,3)31)26-22(29)11-17(12-23(26)30)4-9-25(35)36/h4,7-9,11-13,16,19,27H,5-6,10,14-15H2,1-3H3,(H,32,34)(H,35,36)/b9-4+/t16-,27+/m1/s1. The lowest BCUT2D eigenvalue weighted by molar-refractivity contribution is -0.131. The minimum absolute atomic E-state index is 0.0581. The highest BCUT2D eigenvalue weighted by Crippen LogP contribution is 2.42. The van der Waals surface area contributed by atoms with Crippen molar-refractivity contribution in [3.8, 4) is 5.75 Å². The van der Waals surface area contributed by atoms with Gasteiger partial charge in [-0.1, -0.05) is 6.07 Å². The summed E-state index contributed by atoms with van der Waals surface area (Å²) >= 11 is 0. The number of nitrogens with zero attached hydrogens (tertiary/aromatic N) is 1. The van der Waals surface area contributed by atoms with E-state index in [9.17, 15) is 14.0 Å². The summed E-state index contributed by atoms with van der Waals surface area (Å²) in [5, 5.41) is 11.7. The van der Waals surface area contributed by atoms with E-state index in [1.54, 1.807) is 23.1 Å². The van der Waals surface area contributed by atoms with Crippen molar-refractivity contribution < 1.29 is 32.6 Å². The topological polar surface area (TPSA) is 78.9 Å². The summed E-state index contributed by atoms with van der Waals surface area (Å²) < 4.78 is 51.4. The van der Waals surface area contributed by atoms with Crippen LogP contribution in [0.4, 0.5) is 13.2 Å². The van der Waals surface area contributed by atoms with Crippen molar-refractivity contribution in [2.45, 2.75) is 63.8 Å². The second kappa shape index (κ2) is 10.6. The molecule has 4 rings (SSSR count). The average molecular weight is 517 g/mol. The van der Waals surface area contributed by atoms with E-state index < -0.39 is 29.3 Å². The maximum Gasteiger partial charge on any atom is 0.328 e. The number of aliphatic carboxylic acids is 1. The van der Waals surface area contributed by atoms with Gasteiger partial charge in [0.2, 0.25) is 0 Å². The lowest BCUT2D eigenvalue weighted by Crippen LogP contribution is -2.48. The molecule has 1 aliphatic carbocycles. The molecule has 0 radical (unpaired) electrons. The van der Waals surface area contributed by atoms with Crippen LogP contribution in [0.3, 0.4) is 0 Å². The van der Waals surface area contributed by atoms with Gasteiger partial charge in [-0.15, -0.1) is 0 Å². The second-order valence-corrected chi connectivity index (χ2v) is 10.4. The number of ether oxygens (including phenoxy) is 1. The van der Waals surface area contributed by atoms with E-state index in [1.807, 2.05) is 6.92 Å². The minimum Gasteiger partial charge on any atom is -0.484 e. The average Bonchev–Trinajstić information content (AvgIpc) is 3.60. The van der Waals surface area contributed by atoms with Gasteiger partial charge < -0.3 is 15.2 Å². The quantitative estimate of drug-likeness (QED) is 0.468. The zero-order valence-electron chi connectivity index (χ0n) is 21.1. The molecule has 1 amide bonds. The fourth-order valence-corrected chi connectivity index (χ4v) is 4.76. The minimum atomic E-state index is -1.63. The highest BCUT2D eigenvalue weighted by atomic mass is 19.1. The van der Waals surface area contributed by atoms with E-state index in [1.165, 1.54) is 13.8 Å². The van der Waals surface area contributed by atoms with Crippen molar-refractivity contribution in [3.05, 3.63) is 70.3 Å². The van der Waals surface area contributed by atoms with Gasteiger partial charge in [-0.3, -0.25) is 9.69 Å². The Bertz CT molecular complexity index is 1200. The Labute approximate surface area is 214 Å². The van der Waals surface area contributed by atoms with Crippen LogP contribution in [0.2, 0.25) is 0 Å². The Hall–Kier alpha value is -3.33. The highest BCUT2D eigenvalue weighted by molar-refractivity contribution is 5.85. The molecule has 9 heteroatoms. The van der Waals surface area contributed by atoms with Gasteiger partial charge in [-0.2, -0.15) is 0 Å². The van der Waals surface area contributed by atoms with Gasteiger partial charge in [-0.25, -0.2) is 18.0 Å². The fourth-order valence-electron chi connectivity index (χ4n) is 4.76. The molecule has 0 spiro atoms. The van der Waals surface area contributed by atoms with Gasteiger partial charge in [-0.05, 0) is 87.1 Å². The van der Waals surface area contributed by atoms with Crippen molar-refractivity contribution in [3.63, 3.8) is 0 Å². The molecule has 2 aliphatic rings. The molecule has 198 valence electrons. The van der Waals surface area contributed by atoms with Crippen molar-refractivity contribution in [1.29, 1.82) is 0 Å². The molecule has 37 heavy (non-hydrogen) atoms. The summed E-state index contributed by atoms with van der Waals surface area (Å²) in [5.74, 6) is -2.68. The van der Waals surface area contributed by atoms with Gasteiger partial charge in [0, 0.05) is 30.3 Å². The molecular weight excluding hydrogens is 485 g/mol. The van der Waals surface area contributed by atoms with Crippen LogP contribution < -0.4 is 10.1 Å². The summed E-state index contributed by atoms with van der Waals surface area (Å²) in [6.45, 7) is 4.52. The number of carboxylic acid groups (broad SMARTS) is 1. The van der Waals surface area contributed by atoms with E-state index in [4.69, 9.17) is 9.84 Å². The number of fused-ring (bicyclic) bond motifs is 1. The largest absolute Gasteiger partial charge is 0.484 e. The Morgan fingerprint density at radius 3 is 2.46 bits per heavy atom. The predicted molar refractivity (Wildman–Crippen MR) is 133 cm³/mol. The number of hydrogen-bond acceptors (Lipinski definition) is 4. The summed E-state index contributed by atoms with van der Waals surface area (Å²) in [5.41, 5.74) is -0.389.